The first-order valence-electron chi connectivity index (χ1n) is 7.66. The standard InChI is InChI=1S/C17H27NO2/c1-13-5-8-16(17(11-13)19-3)14(2)18-9-4-10-20-12-15-6-7-15/h5,8,11,14-15,18H,4,6-7,9-10,12H2,1-3H3. The zero-order chi connectivity index (χ0) is 14.4. The van der Waals surface area contributed by atoms with Gasteiger partial charge in [0.2, 0.25) is 0 Å². The van der Waals surface area contributed by atoms with Gasteiger partial charge in [-0.25, -0.2) is 0 Å². The van der Waals surface area contributed by atoms with Crippen molar-refractivity contribution in [1.29, 1.82) is 0 Å². The van der Waals surface area contributed by atoms with Crippen molar-refractivity contribution >= 4 is 0 Å². The van der Waals surface area contributed by atoms with Crippen molar-refractivity contribution in [3.05, 3.63) is 29.3 Å². The van der Waals surface area contributed by atoms with Crippen LogP contribution < -0.4 is 10.1 Å². The molecular formula is C17H27NO2. The van der Waals surface area contributed by atoms with Crippen molar-refractivity contribution < 1.29 is 9.47 Å². The Bertz CT molecular complexity index is 415. The topological polar surface area (TPSA) is 30.5 Å². The average Bonchev–Trinajstić information content (AvgIpc) is 3.26. The SMILES string of the molecule is COc1cc(C)ccc1C(C)NCCCOCC1CC1. The number of hydrogen-bond donors (Lipinski definition) is 1. The molecule has 1 N–H and O–H groups in total. The van der Waals surface area contributed by atoms with E-state index in [1.165, 1.54) is 24.0 Å². The summed E-state index contributed by atoms with van der Waals surface area (Å²) in [7, 11) is 1.73. The fourth-order valence-electron chi connectivity index (χ4n) is 2.31. The van der Waals surface area contributed by atoms with Crippen molar-refractivity contribution in [2.45, 2.75) is 39.2 Å². The molecule has 0 aromatic heterocycles. The van der Waals surface area contributed by atoms with E-state index in [-0.39, 0.29) is 0 Å². The van der Waals surface area contributed by atoms with Gasteiger partial charge in [0.15, 0.2) is 0 Å². The summed E-state index contributed by atoms with van der Waals surface area (Å²) < 4.78 is 11.1. The lowest BCUT2D eigenvalue weighted by atomic mass is 10.0. The maximum Gasteiger partial charge on any atom is 0.123 e. The molecule has 0 aliphatic heterocycles. The number of hydrogen-bond acceptors (Lipinski definition) is 3. The minimum absolute atomic E-state index is 0.300. The van der Waals surface area contributed by atoms with Gasteiger partial charge in [-0.1, -0.05) is 12.1 Å². The zero-order valence-electron chi connectivity index (χ0n) is 12.9. The number of ether oxygens (including phenoxy) is 2. The largest absolute Gasteiger partial charge is 0.496 e. The maximum atomic E-state index is 5.64. The molecule has 1 aliphatic carbocycles. The third kappa shape index (κ3) is 4.80. The molecule has 1 atom stereocenters. The second-order valence-corrected chi connectivity index (χ2v) is 5.79. The molecule has 2 rings (SSSR count). The quantitative estimate of drug-likeness (QED) is 0.701. The summed E-state index contributed by atoms with van der Waals surface area (Å²) >= 11 is 0. The van der Waals surface area contributed by atoms with E-state index >= 15 is 0 Å². The summed E-state index contributed by atoms with van der Waals surface area (Å²) in [5.41, 5.74) is 2.45. The molecule has 0 spiro atoms. The molecule has 0 heterocycles. The van der Waals surface area contributed by atoms with E-state index in [2.05, 4.69) is 37.4 Å². The van der Waals surface area contributed by atoms with Gasteiger partial charge in [-0.05, 0) is 57.2 Å². The number of aryl methyl sites for hydroxylation is 1. The number of nitrogens with one attached hydrogen (secondary N) is 1. The van der Waals surface area contributed by atoms with E-state index in [1.807, 2.05) is 0 Å². The maximum absolute atomic E-state index is 5.64. The molecule has 0 amide bonds. The first-order chi connectivity index (χ1) is 9.70. The number of rotatable bonds is 9. The molecule has 0 bridgehead atoms. The van der Waals surface area contributed by atoms with Crippen LogP contribution in [0.25, 0.3) is 0 Å². The monoisotopic (exact) mass is 277 g/mol. The van der Waals surface area contributed by atoms with Crippen LogP contribution in [0.1, 0.15) is 43.4 Å². The second kappa shape index (κ2) is 7.65. The predicted molar refractivity (Wildman–Crippen MR) is 82.3 cm³/mol. The molecule has 0 saturated heterocycles. The van der Waals surface area contributed by atoms with E-state index in [9.17, 15) is 0 Å². The Kier molecular flexibility index (Phi) is 5.86. The van der Waals surface area contributed by atoms with Crippen LogP contribution in [0, 0.1) is 12.8 Å². The highest BCUT2D eigenvalue weighted by Crippen LogP contribution is 2.28. The Balaban J connectivity index is 1.69. The minimum Gasteiger partial charge on any atom is -0.496 e. The smallest absolute Gasteiger partial charge is 0.123 e. The van der Waals surface area contributed by atoms with Crippen LogP contribution in [0.2, 0.25) is 0 Å². The van der Waals surface area contributed by atoms with Crippen LogP contribution in [0.4, 0.5) is 0 Å². The number of benzene rings is 1. The second-order valence-electron chi connectivity index (χ2n) is 5.79. The molecule has 3 heteroatoms. The molecule has 1 unspecified atom stereocenters. The molecule has 0 radical (unpaired) electrons. The first-order valence-corrected chi connectivity index (χ1v) is 7.66. The van der Waals surface area contributed by atoms with Crippen LogP contribution in [-0.4, -0.2) is 26.9 Å². The van der Waals surface area contributed by atoms with E-state index in [4.69, 9.17) is 9.47 Å². The molecule has 1 saturated carbocycles. The van der Waals surface area contributed by atoms with Gasteiger partial charge in [-0.3, -0.25) is 0 Å². The Labute approximate surface area is 122 Å². The van der Waals surface area contributed by atoms with Crippen LogP contribution in [0.5, 0.6) is 5.75 Å². The van der Waals surface area contributed by atoms with E-state index in [1.54, 1.807) is 7.11 Å². The highest BCUT2D eigenvalue weighted by molar-refractivity contribution is 5.38. The van der Waals surface area contributed by atoms with Gasteiger partial charge in [0.05, 0.1) is 7.11 Å². The predicted octanol–water partition coefficient (Wildman–Crippen LogP) is 3.47. The van der Waals surface area contributed by atoms with Crippen molar-refractivity contribution in [3.63, 3.8) is 0 Å². The van der Waals surface area contributed by atoms with Gasteiger partial charge < -0.3 is 14.8 Å². The zero-order valence-corrected chi connectivity index (χ0v) is 12.9. The summed E-state index contributed by atoms with van der Waals surface area (Å²) in [5, 5.41) is 3.54. The Hall–Kier alpha value is -1.06. The minimum atomic E-state index is 0.300. The summed E-state index contributed by atoms with van der Waals surface area (Å²) in [5.74, 6) is 1.83. The summed E-state index contributed by atoms with van der Waals surface area (Å²) in [6.07, 6.45) is 3.79. The molecule has 3 nitrogen and oxygen atoms in total. The van der Waals surface area contributed by atoms with Gasteiger partial charge in [0.25, 0.3) is 0 Å². The van der Waals surface area contributed by atoms with Gasteiger partial charge in [0, 0.05) is 24.8 Å². The van der Waals surface area contributed by atoms with Crippen molar-refractivity contribution in [2.24, 2.45) is 5.92 Å². The summed E-state index contributed by atoms with van der Waals surface area (Å²) in [4.78, 5) is 0. The lowest BCUT2D eigenvalue weighted by Crippen LogP contribution is -2.21. The molecule has 112 valence electrons. The third-order valence-corrected chi connectivity index (χ3v) is 3.82. The van der Waals surface area contributed by atoms with Crippen LogP contribution in [0.3, 0.4) is 0 Å². The highest BCUT2D eigenvalue weighted by Gasteiger charge is 2.20. The van der Waals surface area contributed by atoms with Crippen molar-refractivity contribution in [3.8, 4) is 5.75 Å². The highest BCUT2D eigenvalue weighted by atomic mass is 16.5. The van der Waals surface area contributed by atoms with E-state index in [0.717, 1.165) is 37.8 Å². The lowest BCUT2D eigenvalue weighted by molar-refractivity contribution is 0.121. The Morgan fingerprint density at radius 1 is 1.35 bits per heavy atom. The van der Waals surface area contributed by atoms with E-state index < -0.39 is 0 Å². The molecule has 1 aromatic carbocycles. The van der Waals surface area contributed by atoms with Crippen LogP contribution >= 0.6 is 0 Å². The van der Waals surface area contributed by atoms with Crippen LogP contribution in [0.15, 0.2) is 18.2 Å². The average molecular weight is 277 g/mol. The lowest BCUT2D eigenvalue weighted by Gasteiger charge is -2.18. The normalized spacial score (nSPS) is 16.1. The van der Waals surface area contributed by atoms with Crippen molar-refractivity contribution in [2.75, 3.05) is 26.9 Å². The van der Waals surface area contributed by atoms with Gasteiger partial charge in [-0.2, -0.15) is 0 Å². The van der Waals surface area contributed by atoms with Crippen molar-refractivity contribution in [1.82, 2.24) is 5.32 Å². The van der Waals surface area contributed by atoms with Gasteiger partial charge >= 0.3 is 0 Å². The fraction of sp³-hybridized carbons (Fsp3) is 0.647. The van der Waals surface area contributed by atoms with Crippen LogP contribution in [-0.2, 0) is 4.74 Å². The molecule has 1 aliphatic rings. The fourth-order valence-corrected chi connectivity index (χ4v) is 2.31. The molecular weight excluding hydrogens is 250 g/mol. The van der Waals surface area contributed by atoms with E-state index in [0.29, 0.717) is 6.04 Å². The molecule has 1 fully saturated rings. The first kappa shape index (κ1) is 15.3. The third-order valence-electron chi connectivity index (χ3n) is 3.82. The summed E-state index contributed by atoms with van der Waals surface area (Å²) in [6, 6.07) is 6.67. The Morgan fingerprint density at radius 2 is 2.15 bits per heavy atom. The van der Waals surface area contributed by atoms with Gasteiger partial charge in [0.1, 0.15) is 5.75 Å². The number of methoxy groups -OCH3 is 1. The Morgan fingerprint density at radius 3 is 2.85 bits per heavy atom. The molecule has 20 heavy (non-hydrogen) atoms. The summed E-state index contributed by atoms with van der Waals surface area (Å²) in [6.45, 7) is 7.06. The molecule has 1 aromatic rings. The van der Waals surface area contributed by atoms with Gasteiger partial charge in [-0.15, -0.1) is 0 Å².